The summed E-state index contributed by atoms with van der Waals surface area (Å²) in [6.07, 6.45) is 0.553. The van der Waals surface area contributed by atoms with Gasteiger partial charge in [0.2, 0.25) is 0 Å². The van der Waals surface area contributed by atoms with Gasteiger partial charge in [0.05, 0.1) is 5.92 Å². The zero-order valence-corrected chi connectivity index (χ0v) is 11.6. The minimum absolute atomic E-state index is 0.497. The summed E-state index contributed by atoms with van der Waals surface area (Å²) in [6, 6.07) is 11.0. The molecule has 3 nitrogen and oxygen atoms in total. The summed E-state index contributed by atoms with van der Waals surface area (Å²) >= 11 is 6.02. The standard InChI is InChI=1S/C16H13ClO3/c1-2-11(16(18)19)9-3-5-14-12(7-9)13-8-10(17)4-6-15(13)20-14/h3-8,11H,2H2,1H3,(H,18,19). The molecular weight excluding hydrogens is 276 g/mol. The van der Waals surface area contributed by atoms with Crippen LogP contribution in [-0.4, -0.2) is 11.1 Å². The van der Waals surface area contributed by atoms with E-state index in [4.69, 9.17) is 16.0 Å². The Hall–Kier alpha value is -2.00. The predicted molar refractivity (Wildman–Crippen MR) is 79.4 cm³/mol. The van der Waals surface area contributed by atoms with Gasteiger partial charge in [0.1, 0.15) is 11.2 Å². The lowest BCUT2D eigenvalue weighted by atomic mass is 9.95. The molecule has 0 aliphatic rings. The Labute approximate surface area is 120 Å². The Morgan fingerprint density at radius 3 is 2.50 bits per heavy atom. The van der Waals surface area contributed by atoms with E-state index in [2.05, 4.69) is 0 Å². The van der Waals surface area contributed by atoms with Gasteiger partial charge < -0.3 is 9.52 Å². The fraction of sp³-hybridized carbons (Fsp3) is 0.188. The van der Waals surface area contributed by atoms with Gasteiger partial charge in [-0.15, -0.1) is 0 Å². The maximum atomic E-state index is 11.3. The van der Waals surface area contributed by atoms with E-state index in [9.17, 15) is 9.90 Å². The van der Waals surface area contributed by atoms with Gasteiger partial charge in [-0.3, -0.25) is 4.79 Å². The van der Waals surface area contributed by atoms with E-state index in [0.717, 1.165) is 27.5 Å². The fourth-order valence-electron chi connectivity index (χ4n) is 2.54. The molecule has 0 radical (unpaired) electrons. The molecule has 0 saturated heterocycles. The molecule has 0 bridgehead atoms. The van der Waals surface area contributed by atoms with E-state index in [-0.39, 0.29) is 0 Å². The molecule has 102 valence electrons. The van der Waals surface area contributed by atoms with Gasteiger partial charge in [-0.25, -0.2) is 0 Å². The summed E-state index contributed by atoms with van der Waals surface area (Å²) < 4.78 is 5.73. The molecule has 0 aliphatic heterocycles. The molecule has 20 heavy (non-hydrogen) atoms. The summed E-state index contributed by atoms with van der Waals surface area (Å²) in [4.78, 5) is 11.3. The van der Waals surface area contributed by atoms with Crippen LogP contribution in [0.25, 0.3) is 21.9 Å². The molecule has 0 fully saturated rings. The molecule has 2 aromatic carbocycles. The number of halogens is 1. The Morgan fingerprint density at radius 1 is 1.20 bits per heavy atom. The molecule has 0 aliphatic carbocycles. The number of rotatable bonds is 3. The maximum Gasteiger partial charge on any atom is 0.310 e. The summed E-state index contributed by atoms with van der Waals surface area (Å²) in [6.45, 7) is 1.87. The molecule has 1 heterocycles. The molecule has 0 saturated carbocycles. The van der Waals surface area contributed by atoms with E-state index in [0.29, 0.717) is 11.4 Å². The maximum absolute atomic E-state index is 11.3. The first-order valence-corrected chi connectivity index (χ1v) is 6.82. The highest BCUT2D eigenvalue weighted by Gasteiger charge is 2.19. The molecule has 1 atom stereocenters. The van der Waals surface area contributed by atoms with Crippen molar-refractivity contribution in [3.63, 3.8) is 0 Å². The normalized spacial score (nSPS) is 12.9. The van der Waals surface area contributed by atoms with Crippen molar-refractivity contribution in [2.45, 2.75) is 19.3 Å². The van der Waals surface area contributed by atoms with Crippen molar-refractivity contribution in [2.24, 2.45) is 0 Å². The molecule has 1 unspecified atom stereocenters. The monoisotopic (exact) mass is 288 g/mol. The highest BCUT2D eigenvalue weighted by Crippen LogP contribution is 2.33. The van der Waals surface area contributed by atoms with Gasteiger partial charge in [0.25, 0.3) is 0 Å². The van der Waals surface area contributed by atoms with Gasteiger partial charge in [-0.05, 0) is 42.3 Å². The zero-order chi connectivity index (χ0) is 14.3. The summed E-state index contributed by atoms with van der Waals surface area (Å²) in [5.74, 6) is -1.30. The van der Waals surface area contributed by atoms with Crippen molar-refractivity contribution in [1.29, 1.82) is 0 Å². The van der Waals surface area contributed by atoms with Crippen LogP contribution in [0.1, 0.15) is 24.8 Å². The van der Waals surface area contributed by atoms with Crippen LogP contribution in [0.4, 0.5) is 0 Å². The largest absolute Gasteiger partial charge is 0.481 e. The molecule has 0 spiro atoms. The molecule has 3 aromatic rings. The SMILES string of the molecule is CCC(C(=O)O)c1ccc2oc3ccc(Cl)cc3c2c1. The lowest BCUT2D eigenvalue weighted by Crippen LogP contribution is -2.10. The number of hydrogen-bond donors (Lipinski definition) is 1. The number of fused-ring (bicyclic) bond motifs is 3. The van der Waals surface area contributed by atoms with Crippen molar-refractivity contribution in [3.05, 3.63) is 47.0 Å². The lowest BCUT2D eigenvalue weighted by Gasteiger charge is -2.09. The van der Waals surface area contributed by atoms with Crippen molar-refractivity contribution >= 4 is 39.5 Å². The van der Waals surface area contributed by atoms with Gasteiger partial charge in [0, 0.05) is 15.8 Å². The second-order valence-electron chi connectivity index (χ2n) is 4.80. The molecule has 3 rings (SSSR count). The number of carboxylic acid groups (broad SMARTS) is 1. The highest BCUT2D eigenvalue weighted by molar-refractivity contribution is 6.31. The van der Waals surface area contributed by atoms with Gasteiger partial charge in [-0.2, -0.15) is 0 Å². The van der Waals surface area contributed by atoms with Crippen LogP contribution in [0.3, 0.4) is 0 Å². The van der Waals surface area contributed by atoms with Gasteiger partial charge in [-0.1, -0.05) is 24.6 Å². The Morgan fingerprint density at radius 2 is 1.85 bits per heavy atom. The number of aliphatic carboxylic acids is 1. The minimum atomic E-state index is -0.808. The Balaban J connectivity index is 2.25. The number of carbonyl (C=O) groups is 1. The van der Waals surface area contributed by atoms with Crippen molar-refractivity contribution < 1.29 is 14.3 Å². The summed E-state index contributed by atoms with van der Waals surface area (Å²) in [5, 5.41) is 11.7. The Kier molecular flexibility index (Phi) is 3.14. The van der Waals surface area contributed by atoms with Crippen molar-refractivity contribution in [2.75, 3.05) is 0 Å². The van der Waals surface area contributed by atoms with E-state index >= 15 is 0 Å². The third-order valence-corrected chi connectivity index (χ3v) is 3.80. The highest BCUT2D eigenvalue weighted by atomic mass is 35.5. The van der Waals surface area contributed by atoms with Crippen LogP contribution in [0.5, 0.6) is 0 Å². The summed E-state index contributed by atoms with van der Waals surface area (Å²) in [5.41, 5.74) is 2.28. The average molecular weight is 289 g/mol. The second-order valence-corrected chi connectivity index (χ2v) is 5.23. The van der Waals surface area contributed by atoms with E-state index < -0.39 is 11.9 Å². The third-order valence-electron chi connectivity index (χ3n) is 3.56. The van der Waals surface area contributed by atoms with Crippen LogP contribution >= 0.6 is 11.6 Å². The summed E-state index contributed by atoms with van der Waals surface area (Å²) in [7, 11) is 0. The van der Waals surface area contributed by atoms with E-state index in [1.54, 1.807) is 6.07 Å². The smallest absolute Gasteiger partial charge is 0.310 e. The average Bonchev–Trinajstić information content (AvgIpc) is 2.77. The first-order chi connectivity index (χ1) is 9.60. The first-order valence-electron chi connectivity index (χ1n) is 6.44. The van der Waals surface area contributed by atoms with Crippen LogP contribution in [0.15, 0.2) is 40.8 Å². The number of benzene rings is 2. The van der Waals surface area contributed by atoms with E-state index in [1.165, 1.54) is 0 Å². The number of hydrogen-bond acceptors (Lipinski definition) is 2. The first kappa shape index (κ1) is 13.0. The van der Waals surface area contributed by atoms with Gasteiger partial charge >= 0.3 is 5.97 Å². The number of furan rings is 1. The van der Waals surface area contributed by atoms with Crippen molar-refractivity contribution in [1.82, 2.24) is 0 Å². The minimum Gasteiger partial charge on any atom is -0.481 e. The topological polar surface area (TPSA) is 50.4 Å². The number of carboxylic acids is 1. The van der Waals surface area contributed by atoms with Crippen molar-refractivity contribution in [3.8, 4) is 0 Å². The quantitative estimate of drug-likeness (QED) is 0.752. The van der Waals surface area contributed by atoms with Gasteiger partial charge in [0.15, 0.2) is 0 Å². The predicted octanol–water partition coefficient (Wildman–Crippen LogP) is 4.82. The van der Waals surface area contributed by atoms with Crippen LogP contribution in [0.2, 0.25) is 5.02 Å². The molecular formula is C16H13ClO3. The fourth-order valence-corrected chi connectivity index (χ4v) is 2.71. The molecule has 4 heteroatoms. The third kappa shape index (κ3) is 2.04. The van der Waals surface area contributed by atoms with Crippen LogP contribution in [-0.2, 0) is 4.79 Å². The molecule has 1 N–H and O–H groups in total. The van der Waals surface area contributed by atoms with Crippen LogP contribution < -0.4 is 0 Å². The molecule has 1 aromatic heterocycles. The Bertz CT molecular complexity index is 804. The van der Waals surface area contributed by atoms with E-state index in [1.807, 2.05) is 37.3 Å². The zero-order valence-electron chi connectivity index (χ0n) is 10.9. The second kappa shape index (κ2) is 4.84. The molecule has 0 amide bonds. The lowest BCUT2D eigenvalue weighted by molar-refractivity contribution is -0.138. The van der Waals surface area contributed by atoms with Crippen LogP contribution in [0, 0.1) is 0 Å².